The van der Waals surface area contributed by atoms with Crippen LogP contribution in [0.25, 0.3) is 0 Å². The van der Waals surface area contributed by atoms with Gasteiger partial charge >= 0.3 is 0 Å². The van der Waals surface area contributed by atoms with Crippen LogP contribution in [0.15, 0.2) is 30.3 Å². The zero-order valence-corrected chi connectivity index (χ0v) is 12.5. The van der Waals surface area contributed by atoms with E-state index in [1.54, 1.807) is 0 Å². The summed E-state index contributed by atoms with van der Waals surface area (Å²) in [6, 6.07) is 10.1. The van der Waals surface area contributed by atoms with Gasteiger partial charge in [-0.1, -0.05) is 12.1 Å². The number of hydrogen-bond acceptors (Lipinski definition) is 5. The monoisotopic (exact) mass is 284 g/mol. The summed E-state index contributed by atoms with van der Waals surface area (Å²) in [6.07, 6.45) is 0.967. The molecule has 5 heteroatoms. The molecule has 0 atom stereocenters. The van der Waals surface area contributed by atoms with Crippen LogP contribution in [-0.2, 0) is 0 Å². The molecule has 0 radical (unpaired) electrons. The number of rotatable bonds is 3. The Hall–Kier alpha value is -2.30. The molecule has 2 heterocycles. The predicted molar refractivity (Wildman–Crippen MR) is 84.5 cm³/mol. The summed E-state index contributed by atoms with van der Waals surface area (Å²) in [5, 5.41) is 3.26. The Labute approximate surface area is 125 Å². The van der Waals surface area contributed by atoms with Gasteiger partial charge in [0, 0.05) is 19.2 Å². The van der Waals surface area contributed by atoms with Crippen LogP contribution >= 0.6 is 0 Å². The molecular formula is C16H20N4O. The van der Waals surface area contributed by atoms with Crippen molar-refractivity contribution in [2.24, 2.45) is 0 Å². The number of para-hydroxylation sites is 2. The Morgan fingerprint density at radius 1 is 1.29 bits per heavy atom. The van der Waals surface area contributed by atoms with Gasteiger partial charge in [0.15, 0.2) is 0 Å². The number of benzene rings is 1. The van der Waals surface area contributed by atoms with Gasteiger partial charge in [0.2, 0.25) is 0 Å². The Morgan fingerprint density at radius 2 is 2.14 bits per heavy atom. The molecule has 2 aromatic rings. The van der Waals surface area contributed by atoms with E-state index in [2.05, 4.69) is 33.2 Å². The van der Waals surface area contributed by atoms with Crippen LogP contribution < -0.4 is 15.0 Å². The highest BCUT2D eigenvalue weighted by molar-refractivity contribution is 5.68. The van der Waals surface area contributed by atoms with E-state index in [0.29, 0.717) is 0 Å². The van der Waals surface area contributed by atoms with Gasteiger partial charge in [0.25, 0.3) is 0 Å². The van der Waals surface area contributed by atoms with E-state index < -0.39 is 0 Å². The van der Waals surface area contributed by atoms with E-state index in [9.17, 15) is 0 Å². The van der Waals surface area contributed by atoms with Crippen LogP contribution in [0.1, 0.15) is 19.2 Å². The van der Waals surface area contributed by atoms with E-state index >= 15 is 0 Å². The lowest BCUT2D eigenvalue weighted by molar-refractivity contribution is 0.322. The zero-order valence-electron chi connectivity index (χ0n) is 12.5. The number of ether oxygens (including phenoxy) is 1. The predicted octanol–water partition coefficient (Wildman–Crippen LogP) is 3.14. The molecular weight excluding hydrogens is 264 g/mol. The van der Waals surface area contributed by atoms with Crippen molar-refractivity contribution in [3.8, 4) is 5.75 Å². The van der Waals surface area contributed by atoms with E-state index in [-0.39, 0.29) is 0 Å². The molecule has 0 saturated carbocycles. The second-order valence-electron chi connectivity index (χ2n) is 5.01. The lowest BCUT2D eigenvalue weighted by Crippen LogP contribution is -2.20. The molecule has 0 amide bonds. The molecule has 1 aliphatic rings. The zero-order chi connectivity index (χ0) is 14.7. The first-order chi connectivity index (χ1) is 10.3. The third kappa shape index (κ3) is 2.91. The smallest absolute Gasteiger partial charge is 0.142 e. The van der Waals surface area contributed by atoms with Gasteiger partial charge in [-0.3, -0.25) is 0 Å². The maximum atomic E-state index is 5.81. The van der Waals surface area contributed by atoms with Crippen LogP contribution in [0.2, 0.25) is 0 Å². The highest BCUT2D eigenvalue weighted by atomic mass is 16.5. The molecule has 110 valence electrons. The van der Waals surface area contributed by atoms with Crippen LogP contribution in [0.4, 0.5) is 17.3 Å². The van der Waals surface area contributed by atoms with Gasteiger partial charge < -0.3 is 15.0 Å². The molecule has 0 unspecified atom stereocenters. The standard InChI is InChI=1S/C16H20N4O/c1-3-17-15-11-16(19-12(2)18-15)20-9-6-10-21-14-8-5-4-7-13(14)20/h4-5,7-8,11H,3,6,9-10H2,1-2H3,(H,17,18,19). The number of aryl methyl sites for hydroxylation is 1. The minimum Gasteiger partial charge on any atom is -0.491 e. The van der Waals surface area contributed by atoms with Gasteiger partial charge in [-0.2, -0.15) is 0 Å². The summed E-state index contributed by atoms with van der Waals surface area (Å²) < 4.78 is 5.81. The van der Waals surface area contributed by atoms with Crippen LogP contribution in [0, 0.1) is 6.92 Å². The van der Waals surface area contributed by atoms with Crippen LogP contribution in [0.3, 0.4) is 0 Å². The SMILES string of the molecule is CCNc1cc(N2CCCOc3ccccc32)nc(C)n1. The fourth-order valence-corrected chi connectivity index (χ4v) is 2.53. The van der Waals surface area contributed by atoms with E-state index in [4.69, 9.17) is 4.74 Å². The number of nitrogens with zero attached hydrogens (tertiary/aromatic N) is 3. The van der Waals surface area contributed by atoms with Crippen molar-refractivity contribution in [2.45, 2.75) is 20.3 Å². The number of nitrogens with one attached hydrogen (secondary N) is 1. The Balaban J connectivity index is 2.03. The topological polar surface area (TPSA) is 50.3 Å². The molecule has 0 saturated heterocycles. The summed E-state index contributed by atoms with van der Waals surface area (Å²) in [4.78, 5) is 11.2. The highest BCUT2D eigenvalue weighted by Gasteiger charge is 2.19. The van der Waals surface area contributed by atoms with Crippen LogP contribution in [-0.4, -0.2) is 29.7 Å². The van der Waals surface area contributed by atoms with E-state index in [1.165, 1.54) is 0 Å². The molecule has 21 heavy (non-hydrogen) atoms. The van der Waals surface area contributed by atoms with E-state index in [0.717, 1.165) is 55.0 Å². The molecule has 0 aliphatic carbocycles. The van der Waals surface area contributed by atoms with Gasteiger partial charge in [-0.05, 0) is 32.4 Å². The van der Waals surface area contributed by atoms with Gasteiger partial charge in [0.05, 0.1) is 12.3 Å². The molecule has 1 aliphatic heterocycles. The van der Waals surface area contributed by atoms with Crippen molar-refractivity contribution >= 4 is 17.3 Å². The molecule has 1 aromatic heterocycles. The molecule has 5 nitrogen and oxygen atoms in total. The molecule has 1 aromatic carbocycles. The second kappa shape index (κ2) is 5.99. The summed E-state index contributed by atoms with van der Waals surface area (Å²) in [6.45, 7) is 6.45. The molecule has 1 N–H and O–H groups in total. The van der Waals surface area contributed by atoms with Gasteiger partial charge in [-0.25, -0.2) is 9.97 Å². The molecule has 3 rings (SSSR count). The number of hydrogen-bond donors (Lipinski definition) is 1. The summed E-state index contributed by atoms with van der Waals surface area (Å²) in [5.74, 6) is 3.46. The first-order valence-electron chi connectivity index (χ1n) is 7.37. The molecule has 0 bridgehead atoms. The minimum atomic E-state index is 0.734. The largest absolute Gasteiger partial charge is 0.491 e. The first-order valence-corrected chi connectivity index (χ1v) is 7.37. The number of anilines is 3. The lowest BCUT2D eigenvalue weighted by Gasteiger charge is -2.23. The van der Waals surface area contributed by atoms with Gasteiger partial charge in [0.1, 0.15) is 23.2 Å². The lowest BCUT2D eigenvalue weighted by atomic mass is 10.2. The fourth-order valence-electron chi connectivity index (χ4n) is 2.53. The Kier molecular flexibility index (Phi) is 3.90. The minimum absolute atomic E-state index is 0.734. The molecule has 0 fully saturated rings. The van der Waals surface area contributed by atoms with Crippen molar-refractivity contribution in [3.63, 3.8) is 0 Å². The number of fused-ring (bicyclic) bond motifs is 1. The average molecular weight is 284 g/mol. The average Bonchev–Trinajstić information content (AvgIpc) is 2.69. The van der Waals surface area contributed by atoms with Crippen molar-refractivity contribution in [1.82, 2.24) is 9.97 Å². The quantitative estimate of drug-likeness (QED) is 0.938. The van der Waals surface area contributed by atoms with Gasteiger partial charge in [-0.15, -0.1) is 0 Å². The number of aromatic nitrogens is 2. The molecule has 0 spiro atoms. The normalized spacial score (nSPS) is 14.1. The van der Waals surface area contributed by atoms with Crippen molar-refractivity contribution in [3.05, 3.63) is 36.2 Å². The van der Waals surface area contributed by atoms with Crippen molar-refractivity contribution in [2.75, 3.05) is 29.9 Å². The third-order valence-corrected chi connectivity index (χ3v) is 3.40. The maximum absolute atomic E-state index is 5.81. The van der Waals surface area contributed by atoms with Crippen molar-refractivity contribution in [1.29, 1.82) is 0 Å². The highest BCUT2D eigenvalue weighted by Crippen LogP contribution is 2.35. The van der Waals surface area contributed by atoms with Crippen molar-refractivity contribution < 1.29 is 4.74 Å². The second-order valence-corrected chi connectivity index (χ2v) is 5.01. The summed E-state index contributed by atoms with van der Waals surface area (Å²) in [5.41, 5.74) is 1.07. The summed E-state index contributed by atoms with van der Waals surface area (Å²) in [7, 11) is 0. The summed E-state index contributed by atoms with van der Waals surface area (Å²) >= 11 is 0. The van der Waals surface area contributed by atoms with Crippen LogP contribution in [0.5, 0.6) is 5.75 Å². The van der Waals surface area contributed by atoms with E-state index in [1.807, 2.05) is 31.2 Å². The Bertz CT molecular complexity index is 629. The fraction of sp³-hybridized carbons (Fsp3) is 0.375. The third-order valence-electron chi connectivity index (χ3n) is 3.40. The maximum Gasteiger partial charge on any atom is 0.142 e. The Morgan fingerprint density at radius 3 is 3.00 bits per heavy atom. The first kappa shape index (κ1) is 13.7.